The van der Waals surface area contributed by atoms with Crippen LogP contribution in [0.3, 0.4) is 0 Å². The molecule has 1 aromatic rings. The number of rotatable bonds is 4. The van der Waals surface area contributed by atoms with E-state index in [2.05, 4.69) is 4.99 Å². The van der Waals surface area contributed by atoms with Crippen LogP contribution in [0.15, 0.2) is 23.2 Å². The maximum atomic E-state index is 13.4. The fourth-order valence-electron chi connectivity index (χ4n) is 1.46. The lowest BCUT2D eigenvalue weighted by Crippen LogP contribution is -2.12. The summed E-state index contributed by atoms with van der Waals surface area (Å²) >= 11 is 0. The molecule has 0 N–H and O–H groups in total. The van der Waals surface area contributed by atoms with Crippen LogP contribution < -0.4 is 4.74 Å². The molecule has 0 unspecified atom stereocenters. The van der Waals surface area contributed by atoms with E-state index in [0.717, 1.165) is 6.08 Å². The van der Waals surface area contributed by atoms with E-state index in [1.165, 1.54) is 19.2 Å². The Morgan fingerprint density at radius 3 is 2.69 bits per heavy atom. The van der Waals surface area contributed by atoms with Crippen molar-refractivity contribution in [2.75, 3.05) is 7.11 Å². The molecule has 0 saturated heterocycles. The van der Waals surface area contributed by atoms with Crippen molar-refractivity contribution in [3.05, 3.63) is 29.3 Å². The van der Waals surface area contributed by atoms with Gasteiger partial charge in [-0.05, 0) is 18.1 Å². The first-order chi connectivity index (χ1) is 7.56. The van der Waals surface area contributed by atoms with Crippen LogP contribution in [0, 0.1) is 0 Å². The van der Waals surface area contributed by atoms with Crippen molar-refractivity contribution >= 4 is 6.08 Å². The highest BCUT2D eigenvalue weighted by Gasteiger charge is 2.35. The lowest BCUT2D eigenvalue weighted by Gasteiger charge is -2.16. The molecule has 0 radical (unpaired) electrons. The van der Waals surface area contributed by atoms with Crippen LogP contribution in [0.5, 0.6) is 5.75 Å². The Hall–Kier alpha value is -1.74. The Kier molecular flexibility index (Phi) is 3.74. The molecule has 86 valence electrons. The molecular weight excluding hydrogens is 216 g/mol. The number of benzene rings is 1. The number of isocyanates is 1. The van der Waals surface area contributed by atoms with Gasteiger partial charge in [-0.1, -0.05) is 19.1 Å². The van der Waals surface area contributed by atoms with E-state index in [0.29, 0.717) is 12.0 Å². The third-order valence-electron chi connectivity index (χ3n) is 2.19. The van der Waals surface area contributed by atoms with Gasteiger partial charge in [-0.2, -0.15) is 8.78 Å². The molecular formula is C11H11F2NO2. The number of ether oxygens (including phenoxy) is 1. The number of alkyl halides is 2. The van der Waals surface area contributed by atoms with E-state index in [1.54, 1.807) is 6.07 Å². The molecule has 0 heterocycles. The summed E-state index contributed by atoms with van der Waals surface area (Å²) in [6, 6.07) is 0.741. The van der Waals surface area contributed by atoms with Crippen LogP contribution in [-0.4, -0.2) is 13.2 Å². The number of carbonyl (C=O) groups excluding carboxylic acids is 1. The van der Waals surface area contributed by atoms with Gasteiger partial charge in [0.1, 0.15) is 5.75 Å². The van der Waals surface area contributed by atoms with Crippen LogP contribution >= 0.6 is 0 Å². The summed E-state index contributed by atoms with van der Waals surface area (Å²) in [7, 11) is 1.30. The Labute approximate surface area is 91.8 Å². The monoisotopic (exact) mass is 227 g/mol. The van der Waals surface area contributed by atoms with Crippen molar-refractivity contribution in [2.45, 2.75) is 19.4 Å². The van der Waals surface area contributed by atoms with Crippen molar-refractivity contribution in [3.63, 3.8) is 0 Å². The zero-order chi connectivity index (χ0) is 12.2. The van der Waals surface area contributed by atoms with Crippen LogP contribution in [0.1, 0.15) is 18.1 Å². The van der Waals surface area contributed by atoms with Crippen LogP contribution in [-0.2, 0) is 17.3 Å². The lowest BCUT2D eigenvalue weighted by molar-refractivity contribution is 0.00378. The van der Waals surface area contributed by atoms with Crippen molar-refractivity contribution in [1.29, 1.82) is 0 Å². The fourth-order valence-corrected chi connectivity index (χ4v) is 1.46. The molecule has 1 aromatic carbocycles. The molecule has 0 aliphatic rings. The Bertz CT molecular complexity index is 426. The molecule has 0 aromatic heterocycles. The predicted octanol–water partition coefficient (Wildman–Crippen LogP) is 2.64. The number of para-hydroxylation sites is 1. The number of nitrogens with zero attached hydrogens (tertiary/aromatic N) is 1. The number of hydrogen-bond acceptors (Lipinski definition) is 3. The van der Waals surface area contributed by atoms with Gasteiger partial charge in [0, 0.05) is 0 Å². The number of hydrogen-bond donors (Lipinski definition) is 0. The van der Waals surface area contributed by atoms with Crippen molar-refractivity contribution in [1.82, 2.24) is 0 Å². The van der Waals surface area contributed by atoms with E-state index in [4.69, 9.17) is 4.74 Å². The van der Waals surface area contributed by atoms with Gasteiger partial charge < -0.3 is 4.74 Å². The zero-order valence-electron chi connectivity index (χ0n) is 8.96. The van der Waals surface area contributed by atoms with Gasteiger partial charge in [0.25, 0.3) is 0 Å². The van der Waals surface area contributed by atoms with Gasteiger partial charge in [0.15, 0.2) is 0 Å². The molecule has 0 amide bonds. The van der Waals surface area contributed by atoms with Crippen molar-refractivity contribution in [3.8, 4) is 5.75 Å². The van der Waals surface area contributed by atoms with Crippen LogP contribution in [0.2, 0.25) is 0 Å². The minimum atomic E-state index is -3.60. The summed E-state index contributed by atoms with van der Waals surface area (Å²) in [5.74, 6) is 0.0639. The lowest BCUT2D eigenvalue weighted by atomic mass is 10.1. The van der Waals surface area contributed by atoms with Crippen LogP contribution in [0.4, 0.5) is 8.78 Å². The van der Waals surface area contributed by atoms with Gasteiger partial charge in [0.05, 0.1) is 12.7 Å². The molecule has 16 heavy (non-hydrogen) atoms. The highest BCUT2D eigenvalue weighted by molar-refractivity contribution is 5.45. The first-order valence-corrected chi connectivity index (χ1v) is 4.70. The van der Waals surface area contributed by atoms with Gasteiger partial charge in [-0.25, -0.2) is 4.79 Å². The van der Waals surface area contributed by atoms with Gasteiger partial charge in [-0.3, -0.25) is 0 Å². The molecule has 3 nitrogen and oxygen atoms in total. The second-order valence-electron chi connectivity index (χ2n) is 3.10. The topological polar surface area (TPSA) is 38.7 Å². The summed E-state index contributed by atoms with van der Waals surface area (Å²) in [5.41, 5.74) is 0.221. The number of methoxy groups -OCH3 is 1. The molecule has 0 atom stereocenters. The Balaban J connectivity index is 3.38. The van der Waals surface area contributed by atoms with Crippen LogP contribution in [0.25, 0.3) is 0 Å². The molecule has 0 aliphatic carbocycles. The third-order valence-corrected chi connectivity index (χ3v) is 2.19. The predicted molar refractivity (Wildman–Crippen MR) is 54.4 cm³/mol. The fraction of sp³-hybridized carbons (Fsp3) is 0.364. The number of aliphatic imine (C=N–C) groups is 1. The molecule has 5 heteroatoms. The maximum absolute atomic E-state index is 13.4. The van der Waals surface area contributed by atoms with E-state index in [-0.39, 0.29) is 5.75 Å². The summed E-state index contributed by atoms with van der Waals surface area (Å²) < 4.78 is 31.8. The first-order valence-electron chi connectivity index (χ1n) is 4.70. The minimum Gasteiger partial charge on any atom is -0.496 e. The molecule has 0 fully saturated rings. The summed E-state index contributed by atoms with van der Waals surface area (Å²) in [4.78, 5) is 12.4. The smallest absolute Gasteiger partial charge is 0.382 e. The first kappa shape index (κ1) is 12.3. The minimum absolute atomic E-state index is 0.0639. The third kappa shape index (κ3) is 2.25. The summed E-state index contributed by atoms with van der Waals surface area (Å²) in [5, 5.41) is 0. The largest absolute Gasteiger partial charge is 0.496 e. The van der Waals surface area contributed by atoms with Gasteiger partial charge >= 0.3 is 6.05 Å². The highest BCUT2D eigenvalue weighted by Crippen LogP contribution is 2.37. The van der Waals surface area contributed by atoms with Crippen molar-refractivity contribution < 1.29 is 18.3 Å². The average Bonchev–Trinajstić information content (AvgIpc) is 2.27. The Morgan fingerprint density at radius 2 is 2.19 bits per heavy atom. The molecule has 1 rings (SSSR count). The summed E-state index contributed by atoms with van der Waals surface area (Å²) in [6.45, 7) is 1.82. The van der Waals surface area contributed by atoms with E-state index < -0.39 is 11.6 Å². The highest BCUT2D eigenvalue weighted by atomic mass is 19.3. The van der Waals surface area contributed by atoms with Crippen molar-refractivity contribution in [2.24, 2.45) is 4.99 Å². The standard InChI is InChI=1S/C11H11F2NO2/c1-3-8-5-4-6-9(10(8)16-2)11(12,13)14-7-15/h4-6H,3H2,1-2H3. The van der Waals surface area contributed by atoms with Gasteiger partial charge in [-0.15, -0.1) is 4.99 Å². The maximum Gasteiger partial charge on any atom is 0.382 e. The summed E-state index contributed by atoms with van der Waals surface area (Å²) in [6.07, 6.45) is 1.42. The molecule has 0 aliphatic heterocycles. The van der Waals surface area contributed by atoms with E-state index in [9.17, 15) is 13.6 Å². The zero-order valence-corrected chi connectivity index (χ0v) is 8.96. The number of halogens is 2. The normalized spacial score (nSPS) is 10.8. The second-order valence-corrected chi connectivity index (χ2v) is 3.10. The number of aryl methyl sites for hydroxylation is 1. The SMILES string of the molecule is CCc1cccc(C(F)(F)N=C=O)c1OC. The molecule has 0 bridgehead atoms. The van der Waals surface area contributed by atoms with E-state index in [1.807, 2.05) is 6.92 Å². The average molecular weight is 227 g/mol. The Morgan fingerprint density at radius 1 is 1.50 bits per heavy atom. The molecule has 0 saturated carbocycles. The quantitative estimate of drug-likeness (QED) is 0.450. The van der Waals surface area contributed by atoms with E-state index >= 15 is 0 Å². The second kappa shape index (κ2) is 4.86. The van der Waals surface area contributed by atoms with Gasteiger partial charge in [0.2, 0.25) is 6.08 Å². The molecule has 0 spiro atoms.